The summed E-state index contributed by atoms with van der Waals surface area (Å²) in [5.41, 5.74) is 5.26. The predicted octanol–water partition coefficient (Wildman–Crippen LogP) is 4.32. The van der Waals surface area contributed by atoms with Crippen molar-refractivity contribution in [2.24, 2.45) is 4.99 Å². The number of carboxylic acids is 1. The molecule has 0 unspecified atom stereocenters. The Bertz CT molecular complexity index is 1270. The van der Waals surface area contributed by atoms with Crippen molar-refractivity contribution in [1.29, 1.82) is 0 Å². The number of benzene rings is 1. The Morgan fingerprint density at radius 2 is 1.92 bits per heavy atom. The molecular formula is C27H33N5O3S. The Morgan fingerprint density at radius 3 is 2.64 bits per heavy atom. The van der Waals surface area contributed by atoms with Crippen LogP contribution >= 0.6 is 11.3 Å². The van der Waals surface area contributed by atoms with E-state index < -0.39 is 12.0 Å². The van der Waals surface area contributed by atoms with Crippen LogP contribution in [0.15, 0.2) is 29.3 Å². The number of rotatable bonds is 8. The summed E-state index contributed by atoms with van der Waals surface area (Å²) in [7, 11) is 0. The third kappa shape index (κ3) is 5.00. The molecule has 36 heavy (non-hydrogen) atoms. The first-order valence-corrected chi connectivity index (χ1v) is 13.5. The van der Waals surface area contributed by atoms with Gasteiger partial charge in [-0.25, -0.2) is 0 Å². The van der Waals surface area contributed by atoms with Gasteiger partial charge in [-0.05, 0) is 70.7 Å². The molecule has 5 rings (SSSR count). The lowest BCUT2D eigenvalue weighted by Gasteiger charge is -2.22. The molecule has 2 aliphatic heterocycles. The largest absolute Gasteiger partial charge is 0.481 e. The Kier molecular flexibility index (Phi) is 7.32. The first-order chi connectivity index (χ1) is 17.4. The molecule has 1 saturated heterocycles. The van der Waals surface area contributed by atoms with Gasteiger partial charge in [0.25, 0.3) is 0 Å². The molecule has 0 saturated carbocycles. The normalized spacial score (nSPS) is 17.9. The van der Waals surface area contributed by atoms with Crippen molar-refractivity contribution in [2.75, 3.05) is 19.7 Å². The number of hydrogen-bond donors (Lipinski definition) is 2. The van der Waals surface area contributed by atoms with E-state index in [9.17, 15) is 9.90 Å². The molecule has 2 aromatic heterocycles. The van der Waals surface area contributed by atoms with E-state index >= 15 is 0 Å². The van der Waals surface area contributed by atoms with Crippen molar-refractivity contribution in [1.82, 2.24) is 20.1 Å². The minimum atomic E-state index is -0.907. The fraction of sp³-hybridized carbons (Fsp3) is 0.481. The molecule has 0 aliphatic carbocycles. The number of piperidine rings is 1. The first kappa shape index (κ1) is 24.8. The van der Waals surface area contributed by atoms with Gasteiger partial charge in [0.1, 0.15) is 16.9 Å². The van der Waals surface area contributed by atoms with E-state index in [-0.39, 0.29) is 6.42 Å². The highest BCUT2D eigenvalue weighted by Gasteiger charge is 2.32. The van der Waals surface area contributed by atoms with Crippen LogP contribution in [0.25, 0.3) is 5.00 Å². The van der Waals surface area contributed by atoms with E-state index in [4.69, 9.17) is 9.73 Å². The van der Waals surface area contributed by atoms with Gasteiger partial charge in [0.05, 0.1) is 18.2 Å². The lowest BCUT2D eigenvalue weighted by Crippen LogP contribution is -2.32. The number of carbonyl (C=O) groups is 1. The number of thiophene rings is 1. The van der Waals surface area contributed by atoms with Crippen LogP contribution in [0.1, 0.15) is 70.5 Å². The smallest absolute Gasteiger partial charge is 0.306 e. The second kappa shape index (κ2) is 10.6. The van der Waals surface area contributed by atoms with Crippen LogP contribution in [0.4, 0.5) is 0 Å². The molecule has 9 heteroatoms. The Labute approximate surface area is 215 Å². The average Bonchev–Trinajstić information content (AvgIpc) is 3.35. The van der Waals surface area contributed by atoms with Crippen molar-refractivity contribution in [2.45, 2.75) is 65.0 Å². The van der Waals surface area contributed by atoms with Crippen LogP contribution < -0.4 is 5.32 Å². The van der Waals surface area contributed by atoms with Crippen molar-refractivity contribution >= 4 is 23.0 Å². The van der Waals surface area contributed by atoms with Gasteiger partial charge >= 0.3 is 5.97 Å². The highest BCUT2D eigenvalue weighted by Crippen LogP contribution is 2.39. The van der Waals surface area contributed by atoms with Gasteiger partial charge in [-0.3, -0.25) is 14.4 Å². The third-order valence-electron chi connectivity index (χ3n) is 7.08. The Balaban J connectivity index is 1.40. The number of aryl methyl sites for hydroxylation is 3. The molecule has 190 valence electrons. The van der Waals surface area contributed by atoms with E-state index in [1.807, 2.05) is 11.5 Å². The number of carboxylic acid groups (broad SMARTS) is 1. The summed E-state index contributed by atoms with van der Waals surface area (Å²) in [4.78, 5) is 17.9. The highest BCUT2D eigenvalue weighted by molar-refractivity contribution is 7.15. The monoisotopic (exact) mass is 507 g/mol. The zero-order valence-electron chi connectivity index (χ0n) is 21.1. The molecule has 2 aliphatic rings. The number of aliphatic imine (C=N–C) groups is 1. The molecule has 2 N–H and O–H groups in total. The van der Waals surface area contributed by atoms with Crippen molar-refractivity contribution in [3.05, 3.63) is 63.0 Å². The highest BCUT2D eigenvalue weighted by atomic mass is 32.1. The van der Waals surface area contributed by atoms with Crippen LogP contribution in [0.5, 0.6) is 0 Å². The van der Waals surface area contributed by atoms with E-state index in [0.717, 1.165) is 78.6 Å². The molecular weight excluding hydrogens is 474 g/mol. The minimum absolute atomic E-state index is 0.135. The SMILES string of the molecule is Cc1sc2c(c1C)C(c1ccc(CCCOC3CCNCC3)cc1)=N[C@@H](CC(=O)O)c1nnc(C)n1-2. The van der Waals surface area contributed by atoms with Crippen molar-refractivity contribution < 1.29 is 14.6 Å². The second-order valence-electron chi connectivity index (χ2n) is 9.62. The van der Waals surface area contributed by atoms with E-state index in [1.54, 1.807) is 11.3 Å². The molecule has 0 amide bonds. The van der Waals surface area contributed by atoms with Gasteiger partial charge in [0, 0.05) is 22.6 Å². The predicted molar refractivity (Wildman–Crippen MR) is 141 cm³/mol. The van der Waals surface area contributed by atoms with Gasteiger partial charge in [-0.1, -0.05) is 24.3 Å². The average molecular weight is 508 g/mol. The summed E-state index contributed by atoms with van der Waals surface area (Å²) >= 11 is 1.68. The van der Waals surface area contributed by atoms with Crippen molar-refractivity contribution in [3.63, 3.8) is 0 Å². The molecule has 1 atom stereocenters. The number of aliphatic carboxylic acids is 1. The number of aromatic nitrogens is 3. The maximum atomic E-state index is 11.7. The summed E-state index contributed by atoms with van der Waals surface area (Å²) in [5.74, 6) is 0.412. The molecule has 1 fully saturated rings. The quantitative estimate of drug-likeness (QED) is 0.440. The van der Waals surface area contributed by atoms with Gasteiger partial charge in [0.15, 0.2) is 5.82 Å². The van der Waals surface area contributed by atoms with Crippen LogP contribution in [0.2, 0.25) is 0 Å². The van der Waals surface area contributed by atoms with E-state index in [2.05, 4.69) is 53.6 Å². The Hall–Kier alpha value is -2.88. The summed E-state index contributed by atoms with van der Waals surface area (Å²) in [6.45, 7) is 8.99. The minimum Gasteiger partial charge on any atom is -0.481 e. The summed E-state index contributed by atoms with van der Waals surface area (Å²) in [5, 5.41) is 22.6. The van der Waals surface area contributed by atoms with Gasteiger partial charge < -0.3 is 15.2 Å². The zero-order chi connectivity index (χ0) is 25.2. The molecule has 3 aromatic rings. The third-order valence-corrected chi connectivity index (χ3v) is 8.28. The van der Waals surface area contributed by atoms with Gasteiger partial charge in [0.2, 0.25) is 0 Å². The summed E-state index contributed by atoms with van der Waals surface area (Å²) in [6.07, 6.45) is 4.40. The molecule has 0 radical (unpaired) electrons. The fourth-order valence-corrected chi connectivity index (χ4v) is 6.22. The number of nitrogens with one attached hydrogen (secondary N) is 1. The number of ether oxygens (including phenoxy) is 1. The number of hydrogen-bond acceptors (Lipinski definition) is 7. The molecule has 1 aromatic carbocycles. The summed E-state index contributed by atoms with van der Waals surface area (Å²) < 4.78 is 8.04. The number of nitrogens with zero attached hydrogens (tertiary/aromatic N) is 4. The van der Waals surface area contributed by atoms with Crippen molar-refractivity contribution in [3.8, 4) is 5.00 Å². The van der Waals surface area contributed by atoms with Gasteiger partial charge in [-0.15, -0.1) is 21.5 Å². The topological polar surface area (TPSA) is 102 Å². The lowest BCUT2D eigenvalue weighted by atomic mass is 9.98. The van der Waals surface area contributed by atoms with Crippen LogP contribution in [0.3, 0.4) is 0 Å². The molecule has 0 spiro atoms. The van der Waals surface area contributed by atoms with Gasteiger partial charge in [-0.2, -0.15) is 0 Å². The molecule has 8 nitrogen and oxygen atoms in total. The second-order valence-corrected chi connectivity index (χ2v) is 10.8. The number of fused-ring (bicyclic) bond motifs is 3. The fourth-order valence-electron chi connectivity index (χ4n) is 5.01. The van der Waals surface area contributed by atoms with Crippen LogP contribution in [0, 0.1) is 20.8 Å². The molecule has 4 heterocycles. The van der Waals surface area contributed by atoms with Crippen LogP contribution in [-0.2, 0) is 16.0 Å². The maximum absolute atomic E-state index is 11.7. The van der Waals surface area contributed by atoms with Crippen LogP contribution in [-0.4, -0.2) is 57.4 Å². The zero-order valence-corrected chi connectivity index (χ0v) is 21.9. The maximum Gasteiger partial charge on any atom is 0.306 e. The summed E-state index contributed by atoms with van der Waals surface area (Å²) in [6, 6.07) is 7.91. The standard InChI is InChI=1S/C27H33N5O3S/c1-16-17(2)36-27-24(16)25(29-22(15-23(33)34)26-31-30-18(3)32(26)27)20-8-6-19(7-9-20)5-4-14-35-21-10-12-28-13-11-21/h6-9,21-22,28H,4-5,10-15H2,1-3H3,(H,33,34)/t22-/m0/s1. The first-order valence-electron chi connectivity index (χ1n) is 12.7. The van der Waals surface area contributed by atoms with E-state index in [0.29, 0.717) is 11.9 Å². The molecule has 0 bridgehead atoms. The van der Waals surface area contributed by atoms with E-state index in [1.165, 1.54) is 10.4 Å². The Morgan fingerprint density at radius 1 is 1.17 bits per heavy atom. The lowest BCUT2D eigenvalue weighted by molar-refractivity contribution is -0.137.